The Balaban J connectivity index is 1.68. The smallest absolute Gasteiger partial charge is 0.171 e. The van der Waals surface area contributed by atoms with E-state index in [1.165, 1.54) is 11.3 Å². The van der Waals surface area contributed by atoms with Gasteiger partial charge in [0.05, 0.1) is 19.2 Å². The molecule has 23 heavy (non-hydrogen) atoms. The van der Waals surface area contributed by atoms with Crippen LogP contribution in [0.25, 0.3) is 0 Å². The molecule has 0 radical (unpaired) electrons. The lowest BCUT2D eigenvalue weighted by molar-refractivity contribution is 0.111. The summed E-state index contributed by atoms with van der Waals surface area (Å²) in [5.74, 6) is 1.11. The standard InChI is InChI=1S/C19H21NO3/c1-22-18-10-4-7-16(14-21)19(18)23-13-12-20-11-5-8-15-6-2-3-9-17(15)20/h2-4,6-7,9-10,14H,5,8,11-13H2,1H3. The number of nitrogens with zero attached hydrogens (tertiary/aromatic N) is 1. The quantitative estimate of drug-likeness (QED) is 0.767. The first-order chi connectivity index (χ1) is 11.3. The fraction of sp³-hybridized carbons (Fsp3) is 0.316. The van der Waals surface area contributed by atoms with Gasteiger partial charge in [0.25, 0.3) is 0 Å². The monoisotopic (exact) mass is 311 g/mol. The van der Waals surface area contributed by atoms with Gasteiger partial charge in [-0.3, -0.25) is 4.79 Å². The number of carbonyl (C=O) groups excluding carboxylic acids is 1. The largest absolute Gasteiger partial charge is 0.493 e. The SMILES string of the molecule is COc1cccc(C=O)c1OCCN1CCCc2ccccc21. The molecule has 0 amide bonds. The normalized spacial score (nSPS) is 13.3. The minimum Gasteiger partial charge on any atom is -0.493 e. The minimum absolute atomic E-state index is 0.509. The number of benzene rings is 2. The molecule has 4 heteroatoms. The number of hydrogen-bond donors (Lipinski definition) is 0. The van der Waals surface area contributed by atoms with Crippen LogP contribution in [-0.4, -0.2) is 33.1 Å². The number of rotatable bonds is 6. The summed E-state index contributed by atoms with van der Waals surface area (Å²) in [6.45, 7) is 2.33. The van der Waals surface area contributed by atoms with Crippen LogP contribution in [-0.2, 0) is 6.42 Å². The predicted molar refractivity (Wildman–Crippen MR) is 90.9 cm³/mol. The Bertz CT molecular complexity index is 684. The van der Waals surface area contributed by atoms with E-state index in [9.17, 15) is 4.79 Å². The molecule has 3 rings (SSSR count). The fourth-order valence-electron chi connectivity index (χ4n) is 3.04. The molecule has 0 N–H and O–H groups in total. The predicted octanol–water partition coefficient (Wildman–Crippen LogP) is 3.34. The molecule has 0 atom stereocenters. The second kappa shape index (κ2) is 7.18. The van der Waals surface area contributed by atoms with E-state index in [1.54, 1.807) is 25.3 Å². The highest BCUT2D eigenvalue weighted by atomic mass is 16.5. The summed E-state index contributed by atoms with van der Waals surface area (Å²) < 4.78 is 11.2. The number of hydrogen-bond acceptors (Lipinski definition) is 4. The van der Waals surface area contributed by atoms with Crippen LogP contribution in [0, 0.1) is 0 Å². The maximum atomic E-state index is 11.2. The highest BCUT2D eigenvalue weighted by Crippen LogP contribution is 2.30. The van der Waals surface area contributed by atoms with Gasteiger partial charge in [-0.1, -0.05) is 24.3 Å². The van der Waals surface area contributed by atoms with E-state index >= 15 is 0 Å². The summed E-state index contributed by atoms with van der Waals surface area (Å²) in [5.41, 5.74) is 3.20. The van der Waals surface area contributed by atoms with Crippen LogP contribution < -0.4 is 14.4 Å². The van der Waals surface area contributed by atoms with Gasteiger partial charge < -0.3 is 14.4 Å². The van der Waals surface area contributed by atoms with Crippen molar-refractivity contribution in [2.75, 3.05) is 31.7 Å². The molecule has 1 aliphatic heterocycles. The van der Waals surface area contributed by atoms with Gasteiger partial charge >= 0.3 is 0 Å². The van der Waals surface area contributed by atoms with Crippen molar-refractivity contribution in [1.82, 2.24) is 0 Å². The first-order valence-electron chi connectivity index (χ1n) is 7.91. The lowest BCUT2D eigenvalue weighted by Crippen LogP contribution is -2.33. The Hall–Kier alpha value is -2.49. The number of aldehydes is 1. The number of methoxy groups -OCH3 is 1. The van der Waals surface area contributed by atoms with Gasteiger partial charge in [-0.15, -0.1) is 0 Å². The first kappa shape index (κ1) is 15.4. The number of ether oxygens (including phenoxy) is 2. The average Bonchev–Trinajstić information content (AvgIpc) is 2.62. The highest BCUT2D eigenvalue weighted by molar-refractivity contribution is 5.81. The summed E-state index contributed by atoms with van der Waals surface area (Å²) in [6.07, 6.45) is 3.09. The molecule has 0 aliphatic carbocycles. The van der Waals surface area contributed by atoms with Crippen molar-refractivity contribution < 1.29 is 14.3 Å². The van der Waals surface area contributed by atoms with Gasteiger partial charge in [0.2, 0.25) is 0 Å². The van der Waals surface area contributed by atoms with E-state index < -0.39 is 0 Å². The van der Waals surface area contributed by atoms with Gasteiger partial charge in [-0.05, 0) is 36.6 Å². The summed E-state index contributed by atoms with van der Waals surface area (Å²) in [4.78, 5) is 13.5. The summed E-state index contributed by atoms with van der Waals surface area (Å²) in [7, 11) is 1.58. The number of anilines is 1. The number of fused-ring (bicyclic) bond motifs is 1. The zero-order valence-electron chi connectivity index (χ0n) is 13.3. The molecule has 4 nitrogen and oxygen atoms in total. The Morgan fingerprint density at radius 1 is 1.17 bits per heavy atom. The van der Waals surface area contributed by atoms with Crippen LogP contribution >= 0.6 is 0 Å². The third kappa shape index (κ3) is 3.31. The van der Waals surface area contributed by atoms with Crippen molar-refractivity contribution in [1.29, 1.82) is 0 Å². The van der Waals surface area contributed by atoms with Crippen LogP contribution in [0.15, 0.2) is 42.5 Å². The Labute approximate surface area is 136 Å². The van der Waals surface area contributed by atoms with Crippen LogP contribution in [0.2, 0.25) is 0 Å². The first-order valence-corrected chi connectivity index (χ1v) is 7.91. The Morgan fingerprint density at radius 2 is 2.04 bits per heavy atom. The Kier molecular flexibility index (Phi) is 4.81. The van der Waals surface area contributed by atoms with E-state index in [0.29, 0.717) is 23.7 Å². The zero-order chi connectivity index (χ0) is 16.1. The molecule has 0 spiro atoms. The summed E-state index contributed by atoms with van der Waals surface area (Å²) in [6, 6.07) is 13.8. The fourth-order valence-corrected chi connectivity index (χ4v) is 3.04. The van der Waals surface area contributed by atoms with Gasteiger partial charge in [0, 0.05) is 12.2 Å². The van der Waals surface area contributed by atoms with Crippen LogP contribution in [0.1, 0.15) is 22.3 Å². The molecule has 2 aromatic carbocycles. The Morgan fingerprint density at radius 3 is 2.87 bits per heavy atom. The van der Waals surface area contributed by atoms with Crippen LogP contribution in [0.5, 0.6) is 11.5 Å². The van der Waals surface area contributed by atoms with Gasteiger partial charge in [0.15, 0.2) is 17.8 Å². The third-order valence-electron chi connectivity index (χ3n) is 4.17. The zero-order valence-corrected chi connectivity index (χ0v) is 13.3. The van der Waals surface area contributed by atoms with Gasteiger partial charge in [-0.2, -0.15) is 0 Å². The van der Waals surface area contributed by atoms with Crippen LogP contribution in [0.3, 0.4) is 0 Å². The second-order valence-corrected chi connectivity index (χ2v) is 5.56. The molecule has 0 unspecified atom stereocenters. The van der Waals surface area contributed by atoms with Crippen molar-refractivity contribution >= 4 is 12.0 Å². The van der Waals surface area contributed by atoms with E-state index in [-0.39, 0.29) is 0 Å². The lowest BCUT2D eigenvalue weighted by atomic mass is 10.0. The number of para-hydroxylation sites is 2. The second-order valence-electron chi connectivity index (χ2n) is 5.56. The molecule has 0 saturated carbocycles. The summed E-state index contributed by atoms with van der Waals surface area (Å²) >= 11 is 0. The van der Waals surface area contributed by atoms with Crippen molar-refractivity contribution in [3.05, 3.63) is 53.6 Å². The molecule has 0 saturated heterocycles. The average molecular weight is 311 g/mol. The minimum atomic E-state index is 0.509. The molecule has 0 bridgehead atoms. The molecular weight excluding hydrogens is 290 g/mol. The van der Waals surface area contributed by atoms with Gasteiger partial charge in [0.1, 0.15) is 6.61 Å². The maximum absolute atomic E-state index is 11.2. The number of aryl methyl sites for hydroxylation is 1. The highest BCUT2D eigenvalue weighted by Gasteiger charge is 2.16. The lowest BCUT2D eigenvalue weighted by Gasteiger charge is -2.31. The molecule has 1 aliphatic rings. The van der Waals surface area contributed by atoms with Crippen LogP contribution in [0.4, 0.5) is 5.69 Å². The van der Waals surface area contributed by atoms with Crippen molar-refractivity contribution in [2.24, 2.45) is 0 Å². The van der Waals surface area contributed by atoms with Gasteiger partial charge in [-0.25, -0.2) is 0 Å². The molecule has 0 fully saturated rings. The molecule has 120 valence electrons. The van der Waals surface area contributed by atoms with Crippen molar-refractivity contribution in [3.63, 3.8) is 0 Å². The topological polar surface area (TPSA) is 38.8 Å². The molecule has 0 aromatic heterocycles. The van der Waals surface area contributed by atoms with E-state index in [1.807, 2.05) is 0 Å². The summed E-state index contributed by atoms with van der Waals surface area (Å²) in [5, 5.41) is 0. The third-order valence-corrected chi connectivity index (χ3v) is 4.17. The molecular formula is C19H21NO3. The number of carbonyl (C=O) groups is 1. The van der Waals surface area contributed by atoms with E-state index in [4.69, 9.17) is 9.47 Å². The van der Waals surface area contributed by atoms with Crippen molar-refractivity contribution in [3.8, 4) is 11.5 Å². The molecule has 1 heterocycles. The van der Waals surface area contributed by atoms with E-state index in [2.05, 4.69) is 29.2 Å². The van der Waals surface area contributed by atoms with Crippen molar-refractivity contribution in [2.45, 2.75) is 12.8 Å². The maximum Gasteiger partial charge on any atom is 0.171 e. The van der Waals surface area contributed by atoms with E-state index in [0.717, 1.165) is 32.2 Å². The molecule has 2 aromatic rings.